The van der Waals surface area contributed by atoms with Gasteiger partial charge in [0.15, 0.2) is 0 Å². The van der Waals surface area contributed by atoms with Crippen molar-refractivity contribution in [2.45, 2.75) is 6.42 Å². The summed E-state index contributed by atoms with van der Waals surface area (Å²) in [5.41, 5.74) is 2.96. The fourth-order valence-electron chi connectivity index (χ4n) is 0.688. The molecule has 0 fully saturated rings. The average molecular weight is 174 g/mol. The first-order valence-electron chi connectivity index (χ1n) is 3.29. The van der Waals surface area contributed by atoms with Gasteiger partial charge in [-0.25, -0.2) is 5.43 Å². The van der Waals surface area contributed by atoms with Gasteiger partial charge in [0.25, 0.3) is 0 Å². The van der Waals surface area contributed by atoms with Crippen LogP contribution >= 0.6 is 11.8 Å². The summed E-state index contributed by atoms with van der Waals surface area (Å²) in [7, 11) is 0. The van der Waals surface area contributed by atoms with E-state index in [2.05, 4.69) is 5.43 Å². The zero-order chi connectivity index (χ0) is 8.10. The van der Waals surface area contributed by atoms with Crippen molar-refractivity contribution in [3.05, 3.63) is 11.6 Å². The summed E-state index contributed by atoms with van der Waals surface area (Å²) in [5, 5.41) is 12.1. The molecule has 11 heavy (non-hydrogen) atoms. The number of carbonyl (C=O) groups is 1. The highest BCUT2D eigenvalue weighted by atomic mass is 32.2. The van der Waals surface area contributed by atoms with Crippen molar-refractivity contribution in [1.82, 2.24) is 10.4 Å². The standard InChI is InChI=1S/C6H10N2O2S/c9-6(10)1-2-7-8-3-4-11-5-8/h3-4,7H,1-2,5H2,(H,9,10). The van der Waals surface area contributed by atoms with Crippen LogP contribution in [0.2, 0.25) is 0 Å². The zero-order valence-corrected chi connectivity index (χ0v) is 6.80. The minimum absolute atomic E-state index is 0.162. The number of rotatable bonds is 4. The van der Waals surface area contributed by atoms with Crippen LogP contribution in [0.5, 0.6) is 0 Å². The monoisotopic (exact) mass is 174 g/mol. The molecule has 0 radical (unpaired) electrons. The van der Waals surface area contributed by atoms with Crippen molar-refractivity contribution < 1.29 is 9.90 Å². The van der Waals surface area contributed by atoms with Gasteiger partial charge < -0.3 is 10.1 Å². The first kappa shape index (κ1) is 8.42. The number of hydrogen-bond acceptors (Lipinski definition) is 4. The number of carboxylic acid groups (broad SMARTS) is 1. The van der Waals surface area contributed by atoms with Gasteiger partial charge in [-0.3, -0.25) is 4.79 Å². The number of hydrazine groups is 1. The summed E-state index contributed by atoms with van der Waals surface area (Å²) < 4.78 is 0. The Morgan fingerprint density at radius 2 is 2.64 bits per heavy atom. The third-order valence-electron chi connectivity index (χ3n) is 1.20. The summed E-state index contributed by atoms with van der Waals surface area (Å²) in [6.07, 6.45) is 2.06. The fourth-order valence-corrected chi connectivity index (χ4v) is 1.34. The average Bonchev–Trinajstić information content (AvgIpc) is 2.39. The van der Waals surface area contributed by atoms with Gasteiger partial charge in [-0.1, -0.05) is 0 Å². The molecule has 62 valence electrons. The maximum absolute atomic E-state index is 10.1. The first-order valence-corrected chi connectivity index (χ1v) is 4.34. The predicted molar refractivity (Wildman–Crippen MR) is 43.7 cm³/mol. The lowest BCUT2D eigenvalue weighted by atomic mass is 10.4. The molecule has 0 atom stereocenters. The third-order valence-corrected chi connectivity index (χ3v) is 1.95. The van der Waals surface area contributed by atoms with Gasteiger partial charge in [-0.15, -0.1) is 11.8 Å². The van der Waals surface area contributed by atoms with Crippen molar-refractivity contribution in [3.8, 4) is 0 Å². The highest BCUT2D eigenvalue weighted by Crippen LogP contribution is 2.11. The lowest BCUT2D eigenvalue weighted by Gasteiger charge is -2.14. The van der Waals surface area contributed by atoms with E-state index in [0.717, 1.165) is 5.88 Å². The van der Waals surface area contributed by atoms with Gasteiger partial charge in [0, 0.05) is 12.7 Å². The molecule has 4 nitrogen and oxygen atoms in total. The first-order chi connectivity index (χ1) is 5.29. The second-order valence-corrected chi connectivity index (χ2v) is 2.97. The van der Waals surface area contributed by atoms with Gasteiger partial charge in [0.2, 0.25) is 0 Å². The second-order valence-electron chi connectivity index (χ2n) is 2.10. The fraction of sp³-hybridized carbons (Fsp3) is 0.500. The molecule has 1 aliphatic rings. The normalized spacial score (nSPS) is 15.8. The molecule has 0 aliphatic carbocycles. The molecule has 0 aromatic carbocycles. The zero-order valence-electron chi connectivity index (χ0n) is 5.99. The van der Waals surface area contributed by atoms with Crippen LogP contribution in [0, 0.1) is 0 Å². The van der Waals surface area contributed by atoms with E-state index in [-0.39, 0.29) is 6.42 Å². The van der Waals surface area contributed by atoms with Crippen LogP contribution in [-0.4, -0.2) is 28.5 Å². The van der Waals surface area contributed by atoms with Crippen LogP contribution in [0.3, 0.4) is 0 Å². The molecular formula is C6H10N2O2S. The maximum Gasteiger partial charge on any atom is 0.304 e. The molecule has 0 aromatic heterocycles. The molecule has 2 N–H and O–H groups in total. The van der Waals surface area contributed by atoms with E-state index in [1.165, 1.54) is 0 Å². The minimum Gasteiger partial charge on any atom is -0.481 e. The van der Waals surface area contributed by atoms with Gasteiger partial charge in [0.05, 0.1) is 12.3 Å². The lowest BCUT2D eigenvalue weighted by Crippen LogP contribution is -2.32. The predicted octanol–water partition coefficient (Wildman–Crippen LogP) is 0.443. The molecule has 1 rings (SSSR count). The van der Waals surface area contributed by atoms with E-state index in [0.29, 0.717) is 6.54 Å². The largest absolute Gasteiger partial charge is 0.481 e. The van der Waals surface area contributed by atoms with Crippen molar-refractivity contribution >= 4 is 17.7 Å². The molecule has 0 aromatic rings. The van der Waals surface area contributed by atoms with E-state index >= 15 is 0 Å². The summed E-state index contributed by atoms with van der Waals surface area (Å²) in [5.74, 6) is 0.0907. The number of thioether (sulfide) groups is 1. The quantitative estimate of drug-likeness (QED) is 0.648. The summed E-state index contributed by atoms with van der Waals surface area (Å²) >= 11 is 1.68. The smallest absolute Gasteiger partial charge is 0.304 e. The minimum atomic E-state index is -0.770. The van der Waals surface area contributed by atoms with Crippen LogP contribution < -0.4 is 5.43 Å². The Hall–Kier alpha value is -0.680. The Balaban J connectivity index is 2.03. The Morgan fingerprint density at radius 3 is 3.18 bits per heavy atom. The number of hydrogen-bond donors (Lipinski definition) is 2. The molecule has 0 bridgehead atoms. The van der Waals surface area contributed by atoms with Gasteiger partial charge in [0.1, 0.15) is 0 Å². The highest BCUT2D eigenvalue weighted by molar-refractivity contribution is 8.02. The molecule has 5 heteroatoms. The van der Waals surface area contributed by atoms with E-state index in [1.54, 1.807) is 11.8 Å². The van der Waals surface area contributed by atoms with Crippen LogP contribution in [0.1, 0.15) is 6.42 Å². The molecule has 0 amide bonds. The molecule has 0 saturated heterocycles. The summed E-state index contributed by atoms with van der Waals surface area (Å²) in [4.78, 5) is 10.1. The lowest BCUT2D eigenvalue weighted by molar-refractivity contribution is -0.137. The Labute approximate surface area is 69.2 Å². The highest BCUT2D eigenvalue weighted by Gasteiger charge is 2.03. The van der Waals surface area contributed by atoms with Crippen LogP contribution in [0.15, 0.2) is 11.6 Å². The number of nitrogens with zero attached hydrogens (tertiary/aromatic N) is 1. The van der Waals surface area contributed by atoms with Gasteiger partial charge in [-0.2, -0.15) is 0 Å². The van der Waals surface area contributed by atoms with E-state index < -0.39 is 5.97 Å². The topological polar surface area (TPSA) is 52.6 Å². The van der Waals surface area contributed by atoms with Crippen molar-refractivity contribution in [3.63, 3.8) is 0 Å². The number of nitrogens with one attached hydrogen (secondary N) is 1. The van der Waals surface area contributed by atoms with Crippen LogP contribution in [-0.2, 0) is 4.79 Å². The molecule has 1 aliphatic heterocycles. The third kappa shape index (κ3) is 3.29. The number of carboxylic acids is 1. The van der Waals surface area contributed by atoms with Crippen molar-refractivity contribution in [2.24, 2.45) is 0 Å². The SMILES string of the molecule is O=C(O)CCNN1C=CSC1. The molecule has 0 unspecified atom stereocenters. The number of aliphatic carboxylic acids is 1. The van der Waals surface area contributed by atoms with Crippen molar-refractivity contribution in [2.75, 3.05) is 12.4 Å². The van der Waals surface area contributed by atoms with Crippen LogP contribution in [0.4, 0.5) is 0 Å². The molecule has 0 saturated carbocycles. The molecule has 0 spiro atoms. The van der Waals surface area contributed by atoms with Gasteiger partial charge in [-0.05, 0) is 5.41 Å². The van der Waals surface area contributed by atoms with E-state index in [1.807, 2.05) is 16.6 Å². The molecular weight excluding hydrogens is 164 g/mol. The van der Waals surface area contributed by atoms with E-state index in [4.69, 9.17) is 5.11 Å². The summed E-state index contributed by atoms with van der Waals surface area (Å²) in [6.45, 7) is 0.486. The Morgan fingerprint density at radius 1 is 1.82 bits per heavy atom. The van der Waals surface area contributed by atoms with Gasteiger partial charge >= 0.3 is 5.97 Å². The Bertz CT molecular complexity index is 172. The van der Waals surface area contributed by atoms with Crippen molar-refractivity contribution in [1.29, 1.82) is 0 Å². The Kier molecular flexibility index (Phi) is 3.25. The maximum atomic E-state index is 10.1. The second kappa shape index (κ2) is 4.25. The van der Waals surface area contributed by atoms with E-state index in [9.17, 15) is 4.79 Å². The summed E-state index contributed by atoms with van der Waals surface area (Å²) in [6, 6.07) is 0. The molecule has 1 heterocycles. The van der Waals surface area contributed by atoms with Crippen LogP contribution in [0.25, 0.3) is 0 Å².